The van der Waals surface area contributed by atoms with Gasteiger partial charge in [0.2, 0.25) is 86.8 Å². The van der Waals surface area contributed by atoms with E-state index in [2.05, 4.69) is 153 Å². The van der Waals surface area contributed by atoms with Crippen molar-refractivity contribution in [2.24, 2.45) is 35.2 Å². The fraction of sp³-hybridized carbons (Fsp3) is 0.175. The zero-order chi connectivity index (χ0) is 84.2. The molecule has 0 spiro atoms. The molecule has 0 aliphatic carbocycles. The Balaban J connectivity index is 0.000000111. The topological polar surface area (TPSA) is 150 Å². The van der Waals surface area contributed by atoms with Crippen LogP contribution in [0.3, 0.4) is 0 Å². The summed E-state index contributed by atoms with van der Waals surface area (Å²) in [5.41, 5.74) is 26.2. The van der Waals surface area contributed by atoms with Gasteiger partial charge in [-0.05, 0) is 189 Å². The zero-order valence-corrected chi connectivity index (χ0v) is 68.6. The van der Waals surface area contributed by atoms with Crippen molar-refractivity contribution < 1.29 is 75.7 Å². The van der Waals surface area contributed by atoms with Crippen molar-refractivity contribution in [1.82, 2.24) is 24.9 Å². The summed E-state index contributed by atoms with van der Waals surface area (Å²) < 4.78 is 136. The summed E-state index contributed by atoms with van der Waals surface area (Å²) in [6.45, 7) is 23.8. The van der Waals surface area contributed by atoms with Crippen molar-refractivity contribution in [3.63, 3.8) is 0 Å². The maximum atomic E-state index is 14.6. The molecule has 22 heteroatoms. The van der Waals surface area contributed by atoms with E-state index in [-0.39, 0.29) is 16.8 Å². The molecule has 0 fully saturated rings. The van der Waals surface area contributed by atoms with E-state index in [1.165, 1.54) is 47.0 Å². The lowest BCUT2D eigenvalue weighted by molar-refractivity contribution is -0.660. The SMILES string of the molecule is Cc1ccc(-c2c(C)cc(F)c3c2oc2nc(F)ccc23)[n+](C)c1.Cc1ccc(-c2c(C)ccc3c2oc2nc(F)c(C)cc23)[n+](C)c1.Cc1ccc(-c2c(C)ccc3c2oc2nc(F)cc(C)c23)[n+](C)c1.Cc1ccc(-c2c(C)ccc3c2oc2nc(F)cc(F)c23)[n+](C)c1.Cc1ccc(-c2c(C)ccc3c2oc2nc(F)ccc23)[n+](C)c1. The van der Waals surface area contributed by atoms with E-state index < -0.39 is 41.4 Å². The number of hydrogen-bond donors (Lipinski definition) is 0. The van der Waals surface area contributed by atoms with E-state index in [0.717, 1.165) is 156 Å². The zero-order valence-electron chi connectivity index (χ0n) is 68.6. The van der Waals surface area contributed by atoms with E-state index in [1.807, 2.05) is 140 Å². The molecule has 15 nitrogen and oxygen atoms in total. The number of nitrogens with zero attached hydrogens (tertiary/aromatic N) is 10. The number of furan rings is 5. The van der Waals surface area contributed by atoms with Gasteiger partial charge in [-0.2, -0.15) is 46.9 Å². The molecule has 119 heavy (non-hydrogen) atoms. The third-order valence-electron chi connectivity index (χ3n) is 21.8. The van der Waals surface area contributed by atoms with Crippen LogP contribution in [0.25, 0.3) is 167 Å². The maximum Gasteiger partial charge on any atom is 0.232 e. The van der Waals surface area contributed by atoms with Crippen molar-refractivity contribution in [2.45, 2.75) is 83.1 Å². The molecule has 0 saturated carbocycles. The lowest BCUT2D eigenvalue weighted by Gasteiger charge is -2.06. The summed E-state index contributed by atoms with van der Waals surface area (Å²) in [6.07, 6.45) is 10.2. The first kappa shape index (κ1) is 79.0. The predicted molar refractivity (Wildman–Crippen MR) is 447 cm³/mol. The first-order valence-electron chi connectivity index (χ1n) is 38.5. The number of hydrogen-bond acceptors (Lipinski definition) is 10. The number of benzene rings is 5. The Morgan fingerprint density at radius 2 is 0.538 bits per heavy atom. The normalized spacial score (nSPS) is 11.5. The second-order valence-electron chi connectivity index (χ2n) is 30.8. The van der Waals surface area contributed by atoms with Gasteiger partial charge in [0.1, 0.15) is 46.9 Å². The van der Waals surface area contributed by atoms with Crippen molar-refractivity contribution in [2.75, 3.05) is 0 Å². The van der Waals surface area contributed by atoms with Crippen LogP contribution < -0.4 is 22.8 Å². The molecule has 0 amide bonds. The molecule has 0 radical (unpaired) electrons. The Kier molecular flexibility index (Phi) is 20.5. The standard InChI is InChI=1S/2C20H18FN2O.2C19H15F2N2O.C19H16FN2O/c1-11-5-8-16(23(4)10-11)17-12(2)6-7-14-15-9-13(3)19(21)22-20(15)24-18(14)17;1-11-5-8-15(23(4)10-11)18-12(2)6-7-14-17-13(3)9-16(21)22-20(17)24-19(14)18;1-10-4-7-14(23(3)9-10)16-11(2)5-6-12-17-13(20)8-15(21)22-19(17)24-18(12)16;1-10-4-6-14(23(3)9-10)16-11(2)8-13(20)17-12-5-7-15(21)22-19(12)24-18(16)17;1-11-4-8-15(22(3)10-11)17-12(2)5-6-13-14-7-9-16(20)21-19(14)23-18(13)17/h2*5-10H,1-4H3;2*4-9H,1-3H3;4-10H,1-3H3/q5*+1. The van der Waals surface area contributed by atoms with E-state index in [9.17, 15) is 30.7 Å². The third kappa shape index (κ3) is 14.6. The molecule has 0 bridgehead atoms. The van der Waals surface area contributed by atoms with Gasteiger partial charge in [-0.3, -0.25) is 0 Å². The molecule has 20 rings (SSSR count). The fourth-order valence-electron chi connectivity index (χ4n) is 16.2. The molecular weight excluding hydrogens is 1520 g/mol. The van der Waals surface area contributed by atoms with Gasteiger partial charge in [-0.25, -0.2) is 31.6 Å². The van der Waals surface area contributed by atoms with Crippen molar-refractivity contribution >= 4 is 110 Å². The minimum Gasteiger partial charge on any atom is -0.437 e. The molecule has 0 unspecified atom stereocenters. The molecule has 15 heterocycles. The smallest absolute Gasteiger partial charge is 0.232 e. The van der Waals surface area contributed by atoms with Crippen molar-refractivity contribution in [1.29, 1.82) is 0 Å². The largest absolute Gasteiger partial charge is 0.437 e. The van der Waals surface area contributed by atoms with Crippen LogP contribution in [-0.2, 0) is 35.2 Å². The van der Waals surface area contributed by atoms with Crippen LogP contribution >= 0.6 is 0 Å². The van der Waals surface area contributed by atoms with E-state index >= 15 is 0 Å². The maximum absolute atomic E-state index is 14.6. The van der Waals surface area contributed by atoms with Crippen LogP contribution in [0.1, 0.15) is 66.8 Å². The summed E-state index contributed by atoms with van der Waals surface area (Å²) in [6, 6.07) is 47.7. The molecule has 594 valence electrons. The summed E-state index contributed by atoms with van der Waals surface area (Å²) in [4.78, 5) is 19.2. The van der Waals surface area contributed by atoms with Crippen LogP contribution in [0.4, 0.5) is 30.7 Å². The molecule has 0 aliphatic heterocycles. The Morgan fingerprint density at radius 3 is 0.966 bits per heavy atom. The van der Waals surface area contributed by atoms with E-state index in [0.29, 0.717) is 50.0 Å². The fourth-order valence-corrected chi connectivity index (χ4v) is 16.2. The van der Waals surface area contributed by atoms with Gasteiger partial charge >= 0.3 is 0 Å². The van der Waals surface area contributed by atoms with E-state index in [4.69, 9.17) is 22.1 Å². The number of aromatic nitrogens is 10. The molecule has 0 saturated heterocycles. The third-order valence-corrected chi connectivity index (χ3v) is 21.8. The number of halogens is 7. The number of aryl methyl sites for hydroxylation is 17. The monoisotopic (exact) mass is 1600 g/mol. The summed E-state index contributed by atoms with van der Waals surface area (Å²) in [5, 5.41) is 7.04. The molecule has 5 aromatic carbocycles. The van der Waals surface area contributed by atoms with Crippen LogP contribution in [0, 0.1) is 124 Å². The summed E-state index contributed by atoms with van der Waals surface area (Å²) in [7, 11) is 9.93. The second kappa shape index (κ2) is 31.0. The lowest BCUT2D eigenvalue weighted by atomic mass is 10.00. The number of pyridine rings is 10. The summed E-state index contributed by atoms with van der Waals surface area (Å²) in [5.74, 6) is -4.14. The van der Waals surface area contributed by atoms with Crippen LogP contribution in [0.2, 0.25) is 0 Å². The highest BCUT2D eigenvalue weighted by molar-refractivity contribution is 6.13. The van der Waals surface area contributed by atoms with Crippen LogP contribution in [0.5, 0.6) is 0 Å². The van der Waals surface area contributed by atoms with Crippen molar-refractivity contribution in [3.8, 4) is 56.3 Å². The summed E-state index contributed by atoms with van der Waals surface area (Å²) >= 11 is 0. The minimum absolute atomic E-state index is 0.0240. The average molecular weight is 1600 g/mol. The Morgan fingerprint density at radius 1 is 0.227 bits per heavy atom. The van der Waals surface area contributed by atoms with Crippen LogP contribution in [-0.4, -0.2) is 24.9 Å². The molecule has 20 aromatic rings. The highest BCUT2D eigenvalue weighted by Crippen LogP contribution is 2.44. The predicted octanol–water partition coefficient (Wildman–Crippen LogP) is 22.0. The number of rotatable bonds is 5. The molecule has 0 N–H and O–H groups in total. The molecular formula is C97H82F7N10O5+5. The molecule has 0 aliphatic rings. The molecule has 0 atom stereocenters. The number of fused-ring (bicyclic) bond motifs is 15. The lowest BCUT2D eigenvalue weighted by Crippen LogP contribution is -2.31. The van der Waals surface area contributed by atoms with Gasteiger partial charge in [0.15, 0.2) is 58.9 Å². The van der Waals surface area contributed by atoms with Crippen molar-refractivity contribution in [3.05, 3.63) is 297 Å². The average Bonchev–Trinajstić information content (AvgIpc) is 1.63. The van der Waals surface area contributed by atoms with Gasteiger partial charge in [0.25, 0.3) is 0 Å². The van der Waals surface area contributed by atoms with Gasteiger partial charge in [-0.15, -0.1) is 0 Å². The highest BCUT2D eigenvalue weighted by Gasteiger charge is 2.30. The first-order valence-corrected chi connectivity index (χ1v) is 38.5. The van der Waals surface area contributed by atoms with Gasteiger partial charge < -0.3 is 22.1 Å². The van der Waals surface area contributed by atoms with Gasteiger partial charge in [-0.1, -0.05) is 48.5 Å². The quantitative estimate of drug-likeness (QED) is 0.0926. The van der Waals surface area contributed by atoms with E-state index in [1.54, 1.807) is 25.1 Å². The van der Waals surface area contributed by atoms with Crippen LogP contribution in [0.15, 0.2) is 211 Å². The Labute approximate surface area is 678 Å². The first-order chi connectivity index (χ1) is 56.9. The second-order valence-corrected chi connectivity index (χ2v) is 30.8. The van der Waals surface area contributed by atoms with Gasteiger partial charge in [0, 0.05) is 102 Å². The Hall–Kier alpha value is -13.9. The minimum atomic E-state index is -0.891. The molecule has 15 aromatic heterocycles. The Bertz CT molecular complexity index is 7410. The highest BCUT2D eigenvalue weighted by atomic mass is 19.2. The van der Waals surface area contributed by atoms with Gasteiger partial charge in [0.05, 0.1) is 49.4 Å².